The maximum atomic E-state index is 12.2. The van der Waals surface area contributed by atoms with Crippen LogP contribution in [0.1, 0.15) is 10.4 Å². The number of phenols is 1. The van der Waals surface area contributed by atoms with E-state index in [9.17, 15) is 14.7 Å². The molecule has 148 valence electrons. The number of ether oxygens (including phenoxy) is 3. The van der Waals surface area contributed by atoms with Gasteiger partial charge in [0.2, 0.25) is 0 Å². The second-order valence-corrected chi connectivity index (χ2v) is 5.89. The van der Waals surface area contributed by atoms with Gasteiger partial charge in [-0.1, -0.05) is 36.4 Å². The molecule has 0 fully saturated rings. The van der Waals surface area contributed by atoms with E-state index in [2.05, 4.69) is 5.32 Å². The Morgan fingerprint density at radius 3 is 2.34 bits per heavy atom. The minimum atomic E-state index is -0.842. The normalized spacial score (nSPS) is 10.1. The molecule has 0 radical (unpaired) electrons. The number of aromatic hydroxyl groups is 1. The average Bonchev–Trinajstić information content (AvgIpc) is 2.74. The lowest BCUT2D eigenvalue weighted by Crippen LogP contribution is -2.21. The lowest BCUT2D eigenvalue weighted by molar-refractivity contribution is -0.119. The minimum absolute atomic E-state index is 0.0926. The van der Waals surface area contributed by atoms with E-state index in [4.69, 9.17) is 14.2 Å². The highest BCUT2D eigenvalue weighted by atomic mass is 16.5. The number of nitrogens with one attached hydrogen (secondary N) is 1. The highest BCUT2D eigenvalue weighted by molar-refractivity contribution is 5.97. The van der Waals surface area contributed by atoms with Gasteiger partial charge in [0.15, 0.2) is 23.9 Å². The molecular formula is C22H19NO6. The standard InChI is InChI=1S/C22H19NO6/c1-27-19-13-7-10-16(21(19)25)22(26)28-14-20(24)23-17-11-5-6-12-18(17)29-15-8-3-2-4-9-15/h2-13,25H,14H2,1H3,(H,23,24). The SMILES string of the molecule is COc1cccc(C(=O)OCC(=O)Nc2ccccc2Oc2ccccc2)c1O. The Hall–Kier alpha value is -4.00. The van der Waals surface area contributed by atoms with Gasteiger partial charge >= 0.3 is 5.97 Å². The Balaban J connectivity index is 1.62. The molecule has 3 aromatic rings. The van der Waals surface area contributed by atoms with Crippen LogP contribution in [0.3, 0.4) is 0 Å². The van der Waals surface area contributed by atoms with Gasteiger partial charge in [-0.05, 0) is 36.4 Å². The first-order valence-corrected chi connectivity index (χ1v) is 8.73. The molecule has 7 heteroatoms. The largest absolute Gasteiger partial charge is 0.504 e. The fourth-order valence-corrected chi connectivity index (χ4v) is 2.52. The van der Waals surface area contributed by atoms with Crippen molar-refractivity contribution in [3.8, 4) is 23.0 Å². The van der Waals surface area contributed by atoms with E-state index >= 15 is 0 Å². The van der Waals surface area contributed by atoms with Crippen molar-refractivity contribution in [3.63, 3.8) is 0 Å². The lowest BCUT2D eigenvalue weighted by atomic mass is 10.2. The number of anilines is 1. The van der Waals surface area contributed by atoms with Crippen molar-refractivity contribution >= 4 is 17.6 Å². The smallest absolute Gasteiger partial charge is 0.342 e. The topological polar surface area (TPSA) is 94.1 Å². The second-order valence-electron chi connectivity index (χ2n) is 5.89. The molecule has 2 N–H and O–H groups in total. The first-order chi connectivity index (χ1) is 14.1. The number of hydrogen-bond donors (Lipinski definition) is 2. The molecule has 0 saturated carbocycles. The molecule has 0 unspecified atom stereocenters. The number of hydrogen-bond acceptors (Lipinski definition) is 6. The Kier molecular flexibility index (Phi) is 6.32. The van der Waals surface area contributed by atoms with Gasteiger partial charge in [0, 0.05) is 0 Å². The van der Waals surface area contributed by atoms with E-state index in [-0.39, 0.29) is 17.1 Å². The third-order valence-corrected chi connectivity index (χ3v) is 3.91. The number of esters is 1. The number of amides is 1. The van der Waals surface area contributed by atoms with Crippen molar-refractivity contribution in [2.45, 2.75) is 0 Å². The Morgan fingerprint density at radius 2 is 1.59 bits per heavy atom. The third kappa shape index (κ3) is 5.04. The van der Waals surface area contributed by atoms with Crippen molar-refractivity contribution in [3.05, 3.63) is 78.4 Å². The summed E-state index contributed by atoms with van der Waals surface area (Å²) in [5.41, 5.74) is 0.339. The summed E-state index contributed by atoms with van der Waals surface area (Å²) in [6, 6.07) is 20.4. The molecule has 0 bridgehead atoms. The van der Waals surface area contributed by atoms with Gasteiger partial charge in [-0.15, -0.1) is 0 Å². The van der Waals surface area contributed by atoms with E-state index in [1.54, 1.807) is 36.4 Å². The molecule has 0 spiro atoms. The fraction of sp³-hybridized carbons (Fsp3) is 0.0909. The number of carbonyl (C=O) groups is 2. The molecule has 3 aromatic carbocycles. The first-order valence-electron chi connectivity index (χ1n) is 8.73. The van der Waals surface area contributed by atoms with Crippen molar-refractivity contribution < 1.29 is 28.9 Å². The number of rotatable bonds is 7. The van der Waals surface area contributed by atoms with E-state index in [1.807, 2.05) is 18.2 Å². The number of carbonyl (C=O) groups excluding carboxylic acids is 2. The molecular weight excluding hydrogens is 374 g/mol. The third-order valence-electron chi connectivity index (χ3n) is 3.91. The highest BCUT2D eigenvalue weighted by Crippen LogP contribution is 2.30. The summed E-state index contributed by atoms with van der Waals surface area (Å²) in [4.78, 5) is 24.4. The zero-order valence-corrected chi connectivity index (χ0v) is 15.6. The van der Waals surface area contributed by atoms with E-state index < -0.39 is 18.5 Å². The minimum Gasteiger partial charge on any atom is -0.504 e. The van der Waals surface area contributed by atoms with E-state index in [0.29, 0.717) is 17.2 Å². The Labute approximate surface area is 167 Å². The van der Waals surface area contributed by atoms with Gasteiger partial charge in [-0.2, -0.15) is 0 Å². The lowest BCUT2D eigenvalue weighted by Gasteiger charge is -2.12. The second kappa shape index (κ2) is 9.27. The molecule has 0 saturated heterocycles. The predicted molar refractivity (Wildman–Crippen MR) is 107 cm³/mol. The van der Waals surface area contributed by atoms with Crippen LogP contribution in [0, 0.1) is 0 Å². The first kappa shape index (κ1) is 19.8. The number of methoxy groups -OCH3 is 1. The summed E-state index contributed by atoms with van der Waals surface area (Å²) in [5, 5.41) is 12.6. The summed E-state index contributed by atoms with van der Waals surface area (Å²) in [7, 11) is 1.37. The Morgan fingerprint density at radius 1 is 0.897 bits per heavy atom. The number of para-hydroxylation sites is 4. The maximum absolute atomic E-state index is 12.2. The van der Waals surface area contributed by atoms with E-state index in [1.165, 1.54) is 25.3 Å². The molecule has 0 heterocycles. The van der Waals surface area contributed by atoms with Crippen LogP contribution in [0.5, 0.6) is 23.0 Å². The van der Waals surface area contributed by atoms with Crippen molar-refractivity contribution in [1.29, 1.82) is 0 Å². The molecule has 7 nitrogen and oxygen atoms in total. The van der Waals surface area contributed by atoms with Gasteiger partial charge < -0.3 is 24.6 Å². The molecule has 0 aromatic heterocycles. The van der Waals surface area contributed by atoms with Gasteiger partial charge in [-0.3, -0.25) is 4.79 Å². The van der Waals surface area contributed by atoms with Crippen LogP contribution in [-0.4, -0.2) is 30.7 Å². The Bertz CT molecular complexity index is 1000. The predicted octanol–water partition coefficient (Wildman–Crippen LogP) is 3.99. The van der Waals surface area contributed by atoms with Gasteiger partial charge in [0.25, 0.3) is 5.91 Å². The molecule has 0 aliphatic carbocycles. The summed E-state index contributed by atoms with van der Waals surface area (Å²) in [6.07, 6.45) is 0. The van der Waals surface area contributed by atoms with Crippen LogP contribution >= 0.6 is 0 Å². The van der Waals surface area contributed by atoms with Crippen LogP contribution < -0.4 is 14.8 Å². The maximum Gasteiger partial charge on any atom is 0.342 e. The summed E-state index contributed by atoms with van der Waals surface area (Å²) in [6.45, 7) is -0.533. The monoisotopic (exact) mass is 393 g/mol. The van der Waals surface area contributed by atoms with Crippen LogP contribution in [0.25, 0.3) is 0 Å². The number of phenolic OH excluding ortho intramolecular Hbond substituents is 1. The van der Waals surface area contributed by atoms with E-state index in [0.717, 1.165) is 0 Å². The van der Waals surface area contributed by atoms with Gasteiger partial charge in [0.1, 0.15) is 11.3 Å². The summed E-state index contributed by atoms with van der Waals surface area (Å²) >= 11 is 0. The molecule has 0 aliphatic rings. The molecule has 29 heavy (non-hydrogen) atoms. The molecule has 3 rings (SSSR count). The van der Waals surface area contributed by atoms with Crippen LogP contribution in [0.4, 0.5) is 5.69 Å². The van der Waals surface area contributed by atoms with Crippen LogP contribution in [-0.2, 0) is 9.53 Å². The fourth-order valence-electron chi connectivity index (χ4n) is 2.52. The quantitative estimate of drug-likeness (QED) is 0.590. The van der Waals surface area contributed by atoms with Crippen molar-refractivity contribution in [2.75, 3.05) is 19.0 Å². The highest BCUT2D eigenvalue weighted by Gasteiger charge is 2.18. The molecule has 0 aliphatic heterocycles. The van der Waals surface area contributed by atoms with Crippen molar-refractivity contribution in [2.24, 2.45) is 0 Å². The summed E-state index contributed by atoms with van der Waals surface area (Å²) < 4.78 is 15.7. The molecule has 1 amide bonds. The molecule has 0 atom stereocenters. The average molecular weight is 393 g/mol. The van der Waals surface area contributed by atoms with Gasteiger partial charge in [-0.25, -0.2) is 4.79 Å². The van der Waals surface area contributed by atoms with Crippen LogP contribution in [0.15, 0.2) is 72.8 Å². The zero-order chi connectivity index (χ0) is 20.6. The zero-order valence-electron chi connectivity index (χ0n) is 15.6. The summed E-state index contributed by atoms with van der Waals surface area (Å²) in [5.74, 6) is -0.536. The number of benzene rings is 3. The van der Waals surface area contributed by atoms with Crippen molar-refractivity contribution in [1.82, 2.24) is 0 Å². The van der Waals surface area contributed by atoms with Gasteiger partial charge in [0.05, 0.1) is 12.8 Å². The van der Waals surface area contributed by atoms with Crippen LogP contribution in [0.2, 0.25) is 0 Å².